The van der Waals surface area contributed by atoms with Crippen molar-refractivity contribution in [1.29, 1.82) is 0 Å². The Bertz CT molecular complexity index is 173. The average molecular weight is 321 g/mol. The predicted molar refractivity (Wildman–Crippen MR) is 68.7 cm³/mol. The van der Waals surface area contributed by atoms with Crippen LogP contribution in [0.15, 0.2) is 12.3 Å². The Morgan fingerprint density at radius 1 is 1.27 bits per heavy atom. The molecule has 3 heteroatoms. The van der Waals surface area contributed by atoms with Crippen LogP contribution in [-0.4, -0.2) is 32.3 Å². The monoisotopic (exact) mass is 322 g/mol. The molecule has 0 N–H and O–H groups in total. The van der Waals surface area contributed by atoms with Crippen LogP contribution < -0.4 is 0 Å². The van der Waals surface area contributed by atoms with Crippen LogP contribution in [0.25, 0.3) is 0 Å². The number of rotatable bonds is 8. The molecule has 0 rings (SSSR count). The van der Waals surface area contributed by atoms with E-state index in [2.05, 4.69) is 27.8 Å². The first-order chi connectivity index (χ1) is 7.02. The summed E-state index contributed by atoms with van der Waals surface area (Å²) in [6, 6.07) is 0. The van der Waals surface area contributed by atoms with Gasteiger partial charge in [-0.2, -0.15) is 0 Å². The molecule has 0 radical (unpaired) electrons. The Morgan fingerprint density at radius 3 is 2.40 bits per heavy atom. The standard InChI is InChI=1S/C9H17O2.3CH3.Sn/c1-3-4-5-6-7-8-11-9-10-2;;;;/h6-8H,3-5,9H2,1-2H3;3*1H3;/b8-7-;;;;. The molecule has 0 aromatic heterocycles. The van der Waals surface area contributed by atoms with Crippen molar-refractivity contribution in [2.75, 3.05) is 13.9 Å². The molecule has 0 aliphatic rings. The third-order valence-corrected chi connectivity index (χ3v) is 10.3. The molecule has 0 bridgehead atoms. The zero-order chi connectivity index (χ0) is 11.7. The quantitative estimate of drug-likeness (QED) is 0.291. The first kappa shape index (κ1) is 15.3. The maximum atomic E-state index is 5.22. The van der Waals surface area contributed by atoms with Gasteiger partial charge in [0.2, 0.25) is 0 Å². The summed E-state index contributed by atoms with van der Waals surface area (Å²) in [5.74, 6) is 0. The number of unbranched alkanes of at least 4 members (excludes halogenated alkanes) is 1. The van der Waals surface area contributed by atoms with E-state index < -0.39 is 18.4 Å². The van der Waals surface area contributed by atoms with Gasteiger partial charge in [0.25, 0.3) is 0 Å². The van der Waals surface area contributed by atoms with Crippen LogP contribution in [0.2, 0.25) is 18.8 Å². The summed E-state index contributed by atoms with van der Waals surface area (Å²) in [5, 5.41) is 0. The molecule has 0 spiro atoms. The van der Waals surface area contributed by atoms with E-state index in [1.807, 2.05) is 6.26 Å². The van der Waals surface area contributed by atoms with Gasteiger partial charge in [0.1, 0.15) is 0 Å². The van der Waals surface area contributed by atoms with Gasteiger partial charge in [-0.05, 0) is 0 Å². The number of ether oxygens (including phenoxy) is 2. The molecule has 0 aromatic carbocycles. The van der Waals surface area contributed by atoms with Crippen molar-refractivity contribution >= 4 is 18.4 Å². The van der Waals surface area contributed by atoms with Crippen molar-refractivity contribution in [3.63, 3.8) is 0 Å². The van der Waals surface area contributed by atoms with E-state index in [-0.39, 0.29) is 0 Å². The second-order valence-corrected chi connectivity index (χ2v) is 20.6. The van der Waals surface area contributed by atoms with Gasteiger partial charge in [-0.15, -0.1) is 0 Å². The Morgan fingerprint density at radius 2 is 1.93 bits per heavy atom. The zero-order valence-electron chi connectivity index (χ0n) is 10.9. The third kappa shape index (κ3) is 8.14. The van der Waals surface area contributed by atoms with Gasteiger partial charge in [-0.25, -0.2) is 0 Å². The number of hydrogen-bond acceptors (Lipinski definition) is 2. The Labute approximate surface area is 98.9 Å². The molecule has 1 atom stereocenters. The molecule has 0 aliphatic heterocycles. The topological polar surface area (TPSA) is 18.5 Å². The van der Waals surface area contributed by atoms with Crippen molar-refractivity contribution < 1.29 is 9.47 Å². The van der Waals surface area contributed by atoms with Gasteiger partial charge in [-0.3, -0.25) is 0 Å². The van der Waals surface area contributed by atoms with E-state index in [9.17, 15) is 0 Å². The van der Waals surface area contributed by atoms with E-state index in [1.165, 1.54) is 19.3 Å². The molecule has 0 fully saturated rings. The van der Waals surface area contributed by atoms with E-state index in [4.69, 9.17) is 9.47 Å². The summed E-state index contributed by atoms with van der Waals surface area (Å²) in [7, 11) is 1.64. The molecule has 0 saturated carbocycles. The molecular weight excluding hydrogens is 295 g/mol. The van der Waals surface area contributed by atoms with E-state index >= 15 is 0 Å². The van der Waals surface area contributed by atoms with Crippen molar-refractivity contribution in [3.8, 4) is 0 Å². The summed E-state index contributed by atoms with van der Waals surface area (Å²) in [6.45, 7) is 2.61. The Hall–Kier alpha value is 0.299. The van der Waals surface area contributed by atoms with Gasteiger partial charge in [0.15, 0.2) is 0 Å². The molecule has 0 aromatic rings. The second-order valence-electron chi connectivity index (χ2n) is 5.02. The molecule has 0 aliphatic carbocycles. The van der Waals surface area contributed by atoms with Crippen molar-refractivity contribution in [2.24, 2.45) is 0 Å². The van der Waals surface area contributed by atoms with Crippen LogP contribution >= 0.6 is 0 Å². The van der Waals surface area contributed by atoms with Crippen molar-refractivity contribution in [2.45, 2.75) is 44.9 Å². The second kappa shape index (κ2) is 8.45. The number of hydrogen-bond donors (Lipinski definition) is 0. The fraction of sp³-hybridized carbons (Fsp3) is 0.833. The van der Waals surface area contributed by atoms with E-state index in [0.29, 0.717) is 6.79 Å². The van der Waals surface area contributed by atoms with Crippen LogP contribution in [0.1, 0.15) is 26.2 Å². The zero-order valence-corrected chi connectivity index (χ0v) is 13.7. The summed E-state index contributed by atoms with van der Waals surface area (Å²) in [5.41, 5.74) is 0. The molecule has 2 nitrogen and oxygen atoms in total. The Balaban J connectivity index is 4.06. The first-order valence-corrected chi connectivity index (χ1v) is 16.0. The SMILES string of the molecule is CCCC[CH](/C=C\OCOC)[Sn]([CH3])([CH3])[CH3]. The number of methoxy groups -OCH3 is 1. The molecule has 0 amide bonds. The van der Waals surface area contributed by atoms with Crippen LogP contribution in [0.5, 0.6) is 0 Å². The van der Waals surface area contributed by atoms with Gasteiger partial charge in [-0.1, -0.05) is 0 Å². The number of allylic oxidation sites excluding steroid dienone is 1. The molecule has 15 heavy (non-hydrogen) atoms. The van der Waals surface area contributed by atoms with Gasteiger partial charge >= 0.3 is 99.0 Å². The summed E-state index contributed by atoms with van der Waals surface area (Å²) < 4.78 is 10.8. The third-order valence-electron chi connectivity index (χ3n) is 2.57. The van der Waals surface area contributed by atoms with E-state index in [0.717, 1.165) is 3.93 Å². The van der Waals surface area contributed by atoms with Crippen molar-refractivity contribution in [3.05, 3.63) is 12.3 Å². The molecule has 0 saturated heterocycles. The normalized spacial score (nSPS) is 14.5. The van der Waals surface area contributed by atoms with E-state index in [1.54, 1.807) is 7.11 Å². The molecule has 0 heterocycles. The summed E-state index contributed by atoms with van der Waals surface area (Å²) >= 11 is -1.81. The average Bonchev–Trinajstić information content (AvgIpc) is 2.15. The summed E-state index contributed by atoms with van der Waals surface area (Å²) in [6.07, 6.45) is 8.01. The molecule has 1 unspecified atom stereocenters. The van der Waals surface area contributed by atoms with Crippen LogP contribution in [0, 0.1) is 0 Å². The van der Waals surface area contributed by atoms with Gasteiger partial charge in [0, 0.05) is 0 Å². The van der Waals surface area contributed by atoms with Gasteiger partial charge in [0.05, 0.1) is 0 Å². The van der Waals surface area contributed by atoms with Gasteiger partial charge < -0.3 is 0 Å². The van der Waals surface area contributed by atoms with Crippen LogP contribution in [0.3, 0.4) is 0 Å². The fourth-order valence-corrected chi connectivity index (χ4v) is 6.43. The minimum atomic E-state index is -1.81. The predicted octanol–water partition coefficient (Wildman–Crippen LogP) is 4.02. The summed E-state index contributed by atoms with van der Waals surface area (Å²) in [4.78, 5) is 7.45. The maximum absolute atomic E-state index is 5.22. The fourth-order valence-electron chi connectivity index (χ4n) is 1.50. The Kier molecular flexibility index (Phi) is 8.62. The minimum absolute atomic E-state index is 0.358. The first-order valence-electron chi connectivity index (χ1n) is 5.79. The van der Waals surface area contributed by atoms with Crippen LogP contribution in [0.4, 0.5) is 0 Å². The molecular formula is C12H26O2Sn. The molecule has 90 valence electrons. The van der Waals surface area contributed by atoms with Crippen molar-refractivity contribution in [1.82, 2.24) is 0 Å². The van der Waals surface area contributed by atoms with Crippen LogP contribution in [-0.2, 0) is 9.47 Å².